The molecular weight excluding hydrogens is 350 g/mol. The third kappa shape index (κ3) is 4.88. The average Bonchev–Trinajstić information content (AvgIpc) is 3.07. The molecule has 1 atom stereocenters. The van der Waals surface area contributed by atoms with Gasteiger partial charge in [-0.1, -0.05) is 35.5 Å². The van der Waals surface area contributed by atoms with E-state index in [0.29, 0.717) is 5.76 Å². The molecule has 0 aliphatic carbocycles. The molecule has 138 valence electrons. The average molecular weight is 367 g/mol. The first-order valence-electron chi connectivity index (χ1n) is 8.16. The first-order valence-corrected chi connectivity index (χ1v) is 8.16. The molecule has 27 heavy (non-hydrogen) atoms. The Morgan fingerprint density at radius 3 is 2.59 bits per heavy atom. The van der Waals surface area contributed by atoms with Gasteiger partial charge in [0.2, 0.25) is 5.91 Å². The predicted octanol–water partition coefficient (Wildman–Crippen LogP) is 1.05. The standard InChI is InChI=1S/C18H17N5O4/c1-11-9-15(23-27-11)20-18(26)14(10-12-5-3-2-4-6-12)19-17(25)13-7-8-16(24)22-21-13/h2-9,14H,10H2,1H3,(H,19,25)(H,22,24)(H,20,23,26). The largest absolute Gasteiger partial charge is 0.360 e. The second-order valence-electron chi connectivity index (χ2n) is 5.83. The van der Waals surface area contributed by atoms with E-state index in [-0.39, 0.29) is 17.9 Å². The highest BCUT2D eigenvalue weighted by Gasteiger charge is 2.23. The van der Waals surface area contributed by atoms with Crippen LogP contribution in [0.4, 0.5) is 5.82 Å². The van der Waals surface area contributed by atoms with Crippen LogP contribution in [0.5, 0.6) is 0 Å². The van der Waals surface area contributed by atoms with Crippen LogP contribution in [-0.4, -0.2) is 33.2 Å². The number of nitrogens with one attached hydrogen (secondary N) is 3. The molecule has 3 aromatic rings. The number of amides is 2. The molecule has 0 spiro atoms. The number of anilines is 1. The van der Waals surface area contributed by atoms with Crippen molar-refractivity contribution in [2.75, 3.05) is 5.32 Å². The highest BCUT2D eigenvalue weighted by molar-refractivity contribution is 6.00. The molecule has 2 aromatic heterocycles. The van der Waals surface area contributed by atoms with Gasteiger partial charge < -0.3 is 15.2 Å². The maximum absolute atomic E-state index is 12.7. The maximum atomic E-state index is 12.7. The van der Waals surface area contributed by atoms with Crippen molar-refractivity contribution in [3.05, 3.63) is 75.9 Å². The van der Waals surface area contributed by atoms with E-state index in [4.69, 9.17) is 4.52 Å². The van der Waals surface area contributed by atoms with Gasteiger partial charge >= 0.3 is 0 Å². The van der Waals surface area contributed by atoms with Gasteiger partial charge in [0.1, 0.15) is 17.5 Å². The molecule has 1 aromatic carbocycles. The lowest BCUT2D eigenvalue weighted by Crippen LogP contribution is -2.45. The number of benzene rings is 1. The van der Waals surface area contributed by atoms with Crippen LogP contribution in [0.25, 0.3) is 0 Å². The molecule has 3 N–H and O–H groups in total. The van der Waals surface area contributed by atoms with Crippen LogP contribution in [0.3, 0.4) is 0 Å². The molecular formula is C18H17N5O4. The van der Waals surface area contributed by atoms with E-state index in [1.54, 1.807) is 13.0 Å². The highest BCUT2D eigenvalue weighted by Crippen LogP contribution is 2.10. The number of hydrogen-bond donors (Lipinski definition) is 3. The smallest absolute Gasteiger partial charge is 0.272 e. The Hall–Kier alpha value is -3.75. The SMILES string of the molecule is Cc1cc(NC(=O)C(Cc2ccccc2)NC(=O)c2ccc(=O)[nH]n2)no1. The lowest BCUT2D eigenvalue weighted by molar-refractivity contribution is -0.118. The summed E-state index contributed by atoms with van der Waals surface area (Å²) < 4.78 is 4.93. The highest BCUT2D eigenvalue weighted by atomic mass is 16.5. The fourth-order valence-corrected chi connectivity index (χ4v) is 2.40. The van der Waals surface area contributed by atoms with Gasteiger partial charge in [0.05, 0.1) is 0 Å². The van der Waals surface area contributed by atoms with Crippen LogP contribution >= 0.6 is 0 Å². The quantitative estimate of drug-likeness (QED) is 0.597. The van der Waals surface area contributed by atoms with Crippen molar-refractivity contribution in [1.82, 2.24) is 20.7 Å². The summed E-state index contributed by atoms with van der Waals surface area (Å²) in [4.78, 5) is 36.2. The molecule has 0 saturated carbocycles. The van der Waals surface area contributed by atoms with Gasteiger partial charge in [-0.05, 0) is 18.6 Å². The fraction of sp³-hybridized carbons (Fsp3) is 0.167. The van der Waals surface area contributed by atoms with Gasteiger partial charge in [-0.3, -0.25) is 14.4 Å². The first kappa shape index (κ1) is 18.1. The number of H-pyrrole nitrogens is 1. The summed E-state index contributed by atoms with van der Waals surface area (Å²) in [5, 5.41) is 14.8. The molecule has 0 saturated heterocycles. The van der Waals surface area contributed by atoms with Gasteiger partial charge in [0, 0.05) is 18.6 Å². The Kier molecular flexibility index (Phi) is 5.41. The zero-order valence-electron chi connectivity index (χ0n) is 14.4. The number of carbonyl (C=O) groups is 2. The Labute approximate surface area is 153 Å². The number of aryl methyl sites for hydroxylation is 1. The van der Waals surface area contributed by atoms with E-state index in [1.807, 2.05) is 30.3 Å². The zero-order valence-corrected chi connectivity index (χ0v) is 14.4. The first-order chi connectivity index (χ1) is 13.0. The van der Waals surface area contributed by atoms with Crippen molar-refractivity contribution in [3.63, 3.8) is 0 Å². The van der Waals surface area contributed by atoms with Crippen LogP contribution in [0.1, 0.15) is 21.8 Å². The van der Waals surface area contributed by atoms with Crippen molar-refractivity contribution >= 4 is 17.6 Å². The molecule has 0 fully saturated rings. The van der Waals surface area contributed by atoms with Gasteiger partial charge in [0.25, 0.3) is 11.5 Å². The number of aromatic amines is 1. The van der Waals surface area contributed by atoms with E-state index in [9.17, 15) is 14.4 Å². The van der Waals surface area contributed by atoms with E-state index in [2.05, 4.69) is 26.0 Å². The summed E-state index contributed by atoms with van der Waals surface area (Å²) in [5.74, 6) is -0.234. The number of carbonyl (C=O) groups excluding carboxylic acids is 2. The zero-order chi connectivity index (χ0) is 19.2. The Balaban J connectivity index is 1.77. The molecule has 3 rings (SSSR count). The molecule has 0 bridgehead atoms. The van der Waals surface area contributed by atoms with Gasteiger partial charge in [0.15, 0.2) is 5.82 Å². The van der Waals surface area contributed by atoms with Crippen LogP contribution < -0.4 is 16.2 Å². The lowest BCUT2D eigenvalue weighted by atomic mass is 10.0. The van der Waals surface area contributed by atoms with Gasteiger partial charge in [-0.25, -0.2) is 5.10 Å². The summed E-state index contributed by atoms with van der Waals surface area (Å²) in [7, 11) is 0. The maximum Gasteiger partial charge on any atom is 0.272 e. The van der Waals surface area contributed by atoms with Crippen molar-refractivity contribution in [3.8, 4) is 0 Å². The van der Waals surface area contributed by atoms with Crippen LogP contribution in [0.2, 0.25) is 0 Å². The van der Waals surface area contributed by atoms with Crippen LogP contribution in [0.15, 0.2) is 57.8 Å². The van der Waals surface area contributed by atoms with Crippen molar-refractivity contribution in [1.29, 1.82) is 0 Å². The normalized spacial score (nSPS) is 11.6. The van der Waals surface area contributed by atoms with Crippen LogP contribution in [-0.2, 0) is 11.2 Å². The summed E-state index contributed by atoms with van der Waals surface area (Å²) in [6.07, 6.45) is 0.263. The van der Waals surface area contributed by atoms with Gasteiger partial charge in [-0.2, -0.15) is 5.10 Å². The predicted molar refractivity (Wildman–Crippen MR) is 96.1 cm³/mol. The summed E-state index contributed by atoms with van der Waals surface area (Å²) in [6, 6.07) is 12.4. The molecule has 0 aliphatic rings. The molecule has 0 radical (unpaired) electrons. The minimum absolute atomic E-state index is 0.00209. The Morgan fingerprint density at radius 2 is 1.96 bits per heavy atom. The molecule has 2 heterocycles. The number of rotatable bonds is 6. The van der Waals surface area contributed by atoms with E-state index < -0.39 is 23.4 Å². The molecule has 0 aliphatic heterocycles. The summed E-state index contributed by atoms with van der Waals surface area (Å²) in [5.41, 5.74) is 0.438. The number of nitrogens with zero attached hydrogens (tertiary/aromatic N) is 2. The fourth-order valence-electron chi connectivity index (χ4n) is 2.40. The second-order valence-corrected chi connectivity index (χ2v) is 5.83. The molecule has 9 heteroatoms. The third-order valence-corrected chi connectivity index (χ3v) is 3.70. The monoisotopic (exact) mass is 367 g/mol. The minimum Gasteiger partial charge on any atom is -0.360 e. The van der Waals surface area contributed by atoms with Crippen LogP contribution in [0, 0.1) is 6.92 Å². The van der Waals surface area contributed by atoms with E-state index >= 15 is 0 Å². The third-order valence-electron chi connectivity index (χ3n) is 3.70. The Bertz CT molecular complexity index is 976. The summed E-state index contributed by atoms with van der Waals surface area (Å²) >= 11 is 0. The Morgan fingerprint density at radius 1 is 1.19 bits per heavy atom. The molecule has 9 nitrogen and oxygen atoms in total. The van der Waals surface area contributed by atoms with E-state index in [1.165, 1.54) is 12.1 Å². The molecule has 1 unspecified atom stereocenters. The topological polar surface area (TPSA) is 130 Å². The number of aromatic nitrogens is 3. The minimum atomic E-state index is -0.884. The lowest BCUT2D eigenvalue weighted by Gasteiger charge is -2.17. The summed E-state index contributed by atoms with van der Waals surface area (Å²) in [6.45, 7) is 1.70. The second kappa shape index (κ2) is 8.09. The van der Waals surface area contributed by atoms with Gasteiger partial charge in [-0.15, -0.1) is 0 Å². The number of hydrogen-bond acceptors (Lipinski definition) is 6. The van der Waals surface area contributed by atoms with E-state index in [0.717, 1.165) is 5.56 Å². The van der Waals surface area contributed by atoms with Crippen molar-refractivity contribution in [2.24, 2.45) is 0 Å². The van der Waals surface area contributed by atoms with Crippen molar-refractivity contribution < 1.29 is 14.1 Å². The molecule has 2 amide bonds. The van der Waals surface area contributed by atoms with Crippen molar-refractivity contribution in [2.45, 2.75) is 19.4 Å².